The second-order valence-corrected chi connectivity index (χ2v) is 3.38. The molecule has 0 aliphatic carbocycles. The van der Waals surface area contributed by atoms with E-state index in [4.69, 9.17) is 0 Å². The largest absolute Gasteiger partial charge is 0.271 e. The fourth-order valence-corrected chi connectivity index (χ4v) is 1.46. The average molecular weight is 205 g/mol. The molecule has 3 nitrogen and oxygen atoms in total. The zero-order valence-corrected chi connectivity index (χ0v) is 8.56. The first-order valence-electron chi connectivity index (χ1n) is 4.45. The van der Waals surface area contributed by atoms with Crippen molar-refractivity contribution in [1.82, 2.24) is 14.8 Å². The van der Waals surface area contributed by atoms with Gasteiger partial charge in [0.05, 0.1) is 5.69 Å². The summed E-state index contributed by atoms with van der Waals surface area (Å²) < 4.78 is 1.88. The number of hydrogen-bond donors (Lipinski definition) is 1. The van der Waals surface area contributed by atoms with Gasteiger partial charge in [0.2, 0.25) is 0 Å². The maximum atomic E-state index is 4.40. The summed E-state index contributed by atoms with van der Waals surface area (Å²) in [5.41, 5.74) is 2.00. The Morgan fingerprint density at radius 3 is 3.00 bits per heavy atom. The van der Waals surface area contributed by atoms with Crippen LogP contribution in [0.1, 0.15) is 0 Å². The van der Waals surface area contributed by atoms with Gasteiger partial charge in [-0.2, -0.15) is 17.7 Å². The van der Waals surface area contributed by atoms with Crippen LogP contribution in [0.5, 0.6) is 0 Å². The number of rotatable bonds is 3. The number of aryl methyl sites for hydroxylation is 1. The van der Waals surface area contributed by atoms with E-state index in [1.165, 1.54) is 0 Å². The van der Waals surface area contributed by atoms with Gasteiger partial charge in [0.15, 0.2) is 0 Å². The monoisotopic (exact) mass is 205 g/mol. The zero-order chi connectivity index (χ0) is 9.80. The summed E-state index contributed by atoms with van der Waals surface area (Å²) >= 11 is 4.16. The van der Waals surface area contributed by atoms with Crippen LogP contribution in [0.2, 0.25) is 0 Å². The Labute approximate surface area is 88.2 Å². The third-order valence-electron chi connectivity index (χ3n) is 1.93. The van der Waals surface area contributed by atoms with Gasteiger partial charge in [-0.1, -0.05) is 0 Å². The summed E-state index contributed by atoms with van der Waals surface area (Å²) in [6, 6.07) is 5.90. The van der Waals surface area contributed by atoms with E-state index in [2.05, 4.69) is 22.7 Å². The van der Waals surface area contributed by atoms with Crippen LogP contribution in [0.15, 0.2) is 36.8 Å². The molecule has 4 heteroatoms. The Morgan fingerprint density at radius 1 is 1.36 bits per heavy atom. The molecule has 72 valence electrons. The van der Waals surface area contributed by atoms with E-state index in [9.17, 15) is 0 Å². The topological polar surface area (TPSA) is 30.7 Å². The molecule has 0 amide bonds. The lowest BCUT2D eigenvalue weighted by atomic mass is 10.2. The molecule has 0 saturated carbocycles. The number of pyridine rings is 1. The molecular formula is C10H11N3S. The Balaban J connectivity index is 2.25. The molecule has 0 aliphatic heterocycles. The van der Waals surface area contributed by atoms with Crippen molar-refractivity contribution in [1.29, 1.82) is 0 Å². The maximum absolute atomic E-state index is 4.40. The van der Waals surface area contributed by atoms with Crippen molar-refractivity contribution in [3.05, 3.63) is 36.8 Å². The summed E-state index contributed by atoms with van der Waals surface area (Å²) in [7, 11) is 0. The molecule has 0 aromatic carbocycles. The van der Waals surface area contributed by atoms with Crippen LogP contribution < -0.4 is 0 Å². The maximum Gasteiger partial charge on any atom is 0.0938 e. The fraction of sp³-hybridized carbons (Fsp3) is 0.200. The third kappa shape index (κ3) is 1.96. The second-order valence-electron chi connectivity index (χ2n) is 2.93. The summed E-state index contributed by atoms with van der Waals surface area (Å²) in [4.78, 5) is 4.05. The first kappa shape index (κ1) is 9.27. The molecule has 0 bridgehead atoms. The number of aromatic nitrogens is 3. The minimum absolute atomic E-state index is 0.800. The Bertz CT molecular complexity index is 397. The predicted molar refractivity (Wildman–Crippen MR) is 59.3 cm³/mol. The van der Waals surface area contributed by atoms with Crippen molar-refractivity contribution in [3.63, 3.8) is 0 Å². The van der Waals surface area contributed by atoms with Crippen LogP contribution in [-0.2, 0) is 6.54 Å². The van der Waals surface area contributed by atoms with Gasteiger partial charge in [-0.05, 0) is 18.2 Å². The van der Waals surface area contributed by atoms with E-state index < -0.39 is 0 Å². The van der Waals surface area contributed by atoms with Gasteiger partial charge in [0.1, 0.15) is 0 Å². The first-order chi connectivity index (χ1) is 6.90. The SMILES string of the molecule is SCCn1ccc(-c2cccnc2)n1. The highest BCUT2D eigenvalue weighted by atomic mass is 32.1. The highest BCUT2D eigenvalue weighted by molar-refractivity contribution is 7.80. The molecule has 0 atom stereocenters. The normalized spacial score (nSPS) is 10.4. The second kappa shape index (κ2) is 4.28. The van der Waals surface area contributed by atoms with Crippen molar-refractivity contribution in [3.8, 4) is 11.3 Å². The molecule has 0 unspecified atom stereocenters. The van der Waals surface area contributed by atoms with E-state index >= 15 is 0 Å². The Kier molecular flexibility index (Phi) is 2.84. The van der Waals surface area contributed by atoms with E-state index in [0.717, 1.165) is 23.6 Å². The smallest absolute Gasteiger partial charge is 0.0938 e. The molecule has 14 heavy (non-hydrogen) atoms. The predicted octanol–water partition coefficient (Wildman–Crippen LogP) is 1.87. The number of thiol groups is 1. The van der Waals surface area contributed by atoms with Crippen LogP contribution >= 0.6 is 12.6 Å². The standard InChI is InChI=1S/C10H11N3S/c14-7-6-13-5-3-10(12-13)9-2-1-4-11-8-9/h1-5,8,14H,6-7H2. The lowest BCUT2D eigenvalue weighted by molar-refractivity contribution is 0.670. The molecule has 0 saturated heterocycles. The lowest BCUT2D eigenvalue weighted by Crippen LogP contribution is -1.99. The molecule has 2 aromatic heterocycles. The fourth-order valence-electron chi connectivity index (χ4n) is 1.26. The van der Waals surface area contributed by atoms with Crippen LogP contribution in [0, 0.1) is 0 Å². The van der Waals surface area contributed by atoms with Gasteiger partial charge in [-0.25, -0.2) is 0 Å². The van der Waals surface area contributed by atoms with Crippen molar-refractivity contribution in [2.24, 2.45) is 0 Å². The molecule has 0 spiro atoms. The van der Waals surface area contributed by atoms with Gasteiger partial charge in [0.25, 0.3) is 0 Å². The molecule has 0 aliphatic rings. The summed E-state index contributed by atoms with van der Waals surface area (Å²) in [6.45, 7) is 0.837. The highest BCUT2D eigenvalue weighted by Gasteiger charge is 2.00. The van der Waals surface area contributed by atoms with Crippen molar-refractivity contribution < 1.29 is 0 Å². The van der Waals surface area contributed by atoms with Crippen molar-refractivity contribution >= 4 is 12.6 Å². The molecule has 0 fully saturated rings. The van der Waals surface area contributed by atoms with E-state index in [0.29, 0.717) is 0 Å². The Morgan fingerprint density at radius 2 is 2.29 bits per heavy atom. The molecule has 2 aromatic rings. The van der Waals surface area contributed by atoms with Crippen molar-refractivity contribution in [2.75, 3.05) is 5.75 Å². The summed E-state index contributed by atoms with van der Waals surface area (Å²) in [5.74, 6) is 0.800. The molecule has 0 N–H and O–H groups in total. The molecular weight excluding hydrogens is 194 g/mol. The van der Waals surface area contributed by atoms with E-state index in [-0.39, 0.29) is 0 Å². The van der Waals surface area contributed by atoms with Gasteiger partial charge >= 0.3 is 0 Å². The summed E-state index contributed by atoms with van der Waals surface area (Å²) in [6.07, 6.45) is 5.53. The van der Waals surface area contributed by atoms with Gasteiger partial charge in [-0.15, -0.1) is 0 Å². The van der Waals surface area contributed by atoms with E-state index in [1.54, 1.807) is 6.20 Å². The average Bonchev–Trinajstić information content (AvgIpc) is 2.68. The van der Waals surface area contributed by atoms with Crippen molar-refractivity contribution in [2.45, 2.75) is 6.54 Å². The third-order valence-corrected chi connectivity index (χ3v) is 2.13. The molecule has 2 heterocycles. The molecule has 2 rings (SSSR count). The highest BCUT2D eigenvalue weighted by Crippen LogP contribution is 2.14. The van der Waals surface area contributed by atoms with E-state index in [1.807, 2.05) is 35.3 Å². The molecule has 0 radical (unpaired) electrons. The van der Waals surface area contributed by atoms with Crippen LogP contribution in [-0.4, -0.2) is 20.5 Å². The van der Waals surface area contributed by atoms with Crippen LogP contribution in [0.25, 0.3) is 11.3 Å². The minimum Gasteiger partial charge on any atom is -0.271 e. The summed E-state index contributed by atoms with van der Waals surface area (Å²) in [5, 5.41) is 4.40. The quantitative estimate of drug-likeness (QED) is 0.775. The number of hydrogen-bond acceptors (Lipinski definition) is 3. The number of nitrogens with zero attached hydrogens (tertiary/aromatic N) is 3. The lowest BCUT2D eigenvalue weighted by Gasteiger charge is -1.96. The van der Waals surface area contributed by atoms with Gasteiger partial charge in [-0.3, -0.25) is 9.67 Å². The van der Waals surface area contributed by atoms with Gasteiger partial charge < -0.3 is 0 Å². The first-order valence-corrected chi connectivity index (χ1v) is 5.08. The minimum atomic E-state index is 0.800. The van der Waals surface area contributed by atoms with Gasteiger partial charge in [0, 0.05) is 36.5 Å². The van der Waals surface area contributed by atoms with Crippen LogP contribution in [0.4, 0.5) is 0 Å². The zero-order valence-electron chi connectivity index (χ0n) is 7.67. The Hall–Kier alpha value is -1.29. The van der Waals surface area contributed by atoms with Crippen LogP contribution in [0.3, 0.4) is 0 Å².